The molecule has 0 bridgehead atoms. The lowest BCUT2D eigenvalue weighted by molar-refractivity contribution is 0.767. The second-order valence-corrected chi connectivity index (χ2v) is 9.65. The maximum atomic E-state index is 2.47. The van der Waals surface area contributed by atoms with E-state index < -0.39 is 0 Å². The molecule has 0 spiro atoms. The van der Waals surface area contributed by atoms with Crippen LogP contribution in [-0.4, -0.2) is 0 Å². The Morgan fingerprint density at radius 2 is 1.09 bits per heavy atom. The molecule has 0 atom stereocenters. The highest BCUT2D eigenvalue weighted by atomic mass is 14.5. The van der Waals surface area contributed by atoms with Crippen LogP contribution in [0.1, 0.15) is 46.7 Å². The van der Waals surface area contributed by atoms with E-state index in [0.717, 1.165) is 12.8 Å². The van der Waals surface area contributed by atoms with Crippen molar-refractivity contribution in [2.75, 3.05) is 0 Å². The zero-order valence-corrected chi connectivity index (χ0v) is 20.5. The Balaban J connectivity index is 1.71. The molecule has 0 aromatic heterocycles. The molecule has 0 nitrogen and oxygen atoms in total. The van der Waals surface area contributed by atoms with Gasteiger partial charge >= 0.3 is 0 Å². The molecule has 0 unspecified atom stereocenters. The number of hydrogen-bond donors (Lipinski definition) is 0. The number of rotatable bonds is 5. The van der Waals surface area contributed by atoms with Crippen molar-refractivity contribution in [1.29, 1.82) is 0 Å². The fraction of sp³-hybridized carbons (Fsp3) is 0.143. The molecule has 5 aromatic rings. The van der Waals surface area contributed by atoms with Gasteiger partial charge in [-0.2, -0.15) is 0 Å². The van der Waals surface area contributed by atoms with Gasteiger partial charge in [0.05, 0.1) is 5.41 Å². The minimum absolute atomic E-state index is 0.333. The summed E-state index contributed by atoms with van der Waals surface area (Å²) in [5, 5.41) is 0. The molecule has 35 heavy (non-hydrogen) atoms. The van der Waals surface area contributed by atoms with Gasteiger partial charge in [0.25, 0.3) is 0 Å². The van der Waals surface area contributed by atoms with Crippen LogP contribution in [-0.2, 0) is 11.8 Å². The number of benzene rings is 5. The van der Waals surface area contributed by atoms with Gasteiger partial charge in [0.15, 0.2) is 0 Å². The van der Waals surface area contributed by atoms with Crippen molar-refractivity contribution in [3.8, 4) is 22.3 Å². The van der Waals surface area contributed by atoms with Gasteiger partial charge in [-0.05, 0) is 75.0 Å². The molecular weight excluding hydrogens is 420 g/mol. The van der Waals surface area contributed by atoms with E-state index in [4.69, 9.17) is 0 Å². The molecule has 6 rings (SSSR count). The summed E-state index contributed by atoms with van der Waals surface area (Å²) in [5.41, 5.74) is 13.2. The molecule has 170 valence electrons. The first-order chi connectivity index (χ1) is 17.2. The van der Waals surface area contributed by atoms with Crippen molar-refractivity contribution in [3.05, 3.63) is 155 Å². The van der Waals surface area contributed by atoms with Crippen LogP contribution in [0.2, 0.25) is 0 Å². The van der Waals surface area contributed by atoms with E-state index in [1.54, 1.807) is 0 Å². The maximum Gasteiger partial charge on any atom is 0.0713 e. The second kappa shape index (κ2) is 8.71. The van der Waals surface area contributed by atoms with Crippen LogP contribution in [0.4, 0.5) is 0 Å². The van der Waals surface area contributed by atoms with Crippen molar-refractivity contribution in [1.82, 2.24) is 0 Å². The van der Waals surface area contributed by atoms with Crippen LogP contribution in [0.5, 0.6) is 0 Å². The molecule has 0 aliphatic heterocycles. The molecule has 1 aliphatic rings. The smallest absolute Gasteiger partial charge is 0.0651 e. The summed E-state index contributed by atoms with van der Waals surface area (Å²) in [6.45, 7) is 4.54. The number of hydrogen-bond acceptors (Lipinski definition) is 0. The van der Waals surface area contributed by atoms with Gasteiger partial charge in [-0.3, -0.25) is 0 Å². The number of fused-ring (bicyclic) bond motifs is 3. The van der Waals surface area contributed by atoms with Gasteiger partial charge in [-0.25, -0.2) is 0 Å². The Kier molecular flexibility index (Phi) is 5.38. The first-order valence-electron chi connectivity index (χ1n) is 12.7. The largest absolute Gasteiger partial charge is 0.0713 e. The predicted molar refractivity (Wildman–Crippen MR) is 148 cm³/mol. The van der Waals surface area contributed by atoms with Gasteiger partial charge < -0.3 is 0 Å². The lowest BCUT2D eigenvalue weighted by Crippen LogP contribution is -2.28. The minimum atomic E-state index is -0.333. The average molecular weight is 451 g/mol. The van der Waals surface area contributed by atoms with E-state index >= 15 is 0 Å². The van der Waals surface area contributed by atoms with E-state index in [1.807, 2.05) is 0 Å². The van der Waals surface area contributed by atoms with E-state index in [0.29, 0.717) is 0 Å². The van der Waals surface area contributed by atoms with Crippen LogP contribution >= 0.6 is 0 Å². The lowest BCUT2D eigenvalue weighted by Gasteiger charge is -2.34. The standard InChI is InChI=1S/C35H30/c1-3-14-26-15-10-11-20-29(26)31-24-32-30-21-12-13-22-33(30)35(34(32)23-25(31)2,27-16-6-4-7-17-27)28-18-8-5-9-19-28/h4-13,15-24H,3,14H2,1-2H3. The highest BCUT2D eigenvalue weighted by molar-refractivity contribution is 5.90. The summed E-state index contributed by atoms with van der Waals surface area (Å²) in [6.07, 6.45) is 2.25. The van der Waals surface area contributed by atoms with Crippen LogP contribution < -0.4 is 0 Å². The van der Waals surface area contributed by atoms with Crippen LogP contribution in [0.3, 0.4) is 0 Å². The minimum Gasteiger partial charge on any atom is -0.0651 e. The average Bonchev–Trinajstić information content (AvgIpc) is 3.20. The van der Waals surface area contributed by atoms with Gasteiger partial charge in [-0.15, -0.1) is 0 Å². The van der Waals surface area contributed by atoms with E-state index in [1.165, 1.54) is 55.6 Å². The molecule has 5 aromatic carbocycles. The molecule has 0 saturated heterocycles. The van der Waals surface area contributed by atoms with E-state index in [9.17, 15) is 0 Å². The van der Waals surface area contributed by atoms with Gasteiger partial charge in [-0.1, -0.05) is 129 Å². The summed E-state index contributed by atoms with van der Waals surface area (Å²) in [6, 6.07) is 44.9. The molecular formula is C35H30. The Bertz CT molecular complexity index is 1450. The Morgan fingerprint density at radius 3 is 1.74 bits per heavy atom. The molecule has 0 fully saturated rings. The van der Waals surface area contributed by atoms with Gasteiger partial charge in [0.2, 0.25) is 0 Å². The van der Waals surface area contributed by atoms with Crippen molar-refractivity contribution >= 4 is 0 Å². The quantitative estimate of drug-likeness (QED) is 0.246. The highest BCUT2D eigenvalue weighted by Gasteiger charge is 2.46. The van der Waals surface area contributed by atoms with Gasteiger partial charge in [0, 0.05) is 0 Å². The topological polar surface area (TPSA) is 0 Å². The van der Waals surface area contributed by atoms with Crippen LogP contribution in [0.25, 0.3) is 22.3 Å². The van der Waals surface area contributed by atoms with E-state index in [2.05, 4.69) is 135 Å². The fourth-order valence-corrected chi connectivity index (χ4v) is 6.16. The fourth-order valence-electron chi connectivity index (χ4n) is 6.16. The van der Waals surface area contributed by atoms with Crippen molar-refractivity contribution in [2.45, 2.75) is 32.1 Å². The summed E-state index contributed by atoms with van der Waals surface area (Å²) in [7, 11) is 0. The Morgan fingerprint density at radius 1 is 0.514 bits per heavy atom. The van der Waals surface area contributed by atoms with Gasteiger partial charge in [0.1, 0.15) is 0 Å². The van der Waals surface area contributed by atoms with Crippen molar-refractivity contribution < 1.29 is 0 Å². The highest BCUT2D eigenvalue weighted by Crippen LogP contribution is 2.57. The summed E-state index contributed by atoms with van der Waals surface area (Å²) < 4.78 is 0. The second-order valence-electron chi connectivity index (χ2n) is 9.65. The van der Waals surface area contributed by atoms with Crippen LogP contribution in [0.15, 0.2) is 121 Å². The monoisotopic (exact) mass is 450 g/mol. The van der Waals surface area contributed by atoms with Crippen molar-refractivity contribution in [3.63, 3.8) is 0 Å². The Labute approximate surface area is 208 Å². The summed E-state index contributed by atoms with van der Waals surface area (Å²) >= 11 is 0. The lowest BCUT2D eigenvalue weighted by atomic mass is 9.67. The molecule has 0 saturated carbocycles. The zero-order valence-electron chi connectivity index (χ0n) is 20.5. The summed E-state index contributed by atoms with van der Waals surface area (Å²) in [4.78, 5) is 0. The SMILES string of the molecule is CCCc1ccccc1-c1cc2c(cc1C)C(c1ccccc1)(c1ccccc1)c1ccccc1-2. The number of aryl methyl sites for hydroxylation is 2. The normalized spacial score (nSPS) is 13.3. The summed E-state index contributed by atoms with van der Waals surface area (Å²) in [5.74, 6) is 0. The Hall–Kier alpha value is -3.90. The van der Waals surface area contributed by atoms with Crippen molar-refractivity contribution in [2.24, 2.45) is 0 Å². The molecule has 0 N–H and O–H groups in total. The van der Waals surface area contributed by atoms with Crippen LogP contribution in [0, 0.1) is 6.92 Å². The molecule has 1 aliphatic carbocycles. The third-order valence-corrected chi connectivity index (χ3v) is 7.63. The van der Waals surface area contributed by atoms with E-state index in [-0.39, 0.29) is 5.41 Å². The molecule has 0 radical (unpaired) electrons. The molecule has 0 amide bonds. The zero-order chi connectivity index (χ0) is 23.8. The molecule has 0 heterocycles. The molecule has 0 heteroatoms. The third kappa shape index (κ3) is 3.28. The predicted octanol–water partition coefficient (Wildman–Crippen LogP) is 8.98. The maximum absolute atomic E-state index is 2.47. The first-order valence-corrected chi connectivity index (χ1v) is 12.7. The first kappa shape index (κ1) is 21.6. The third-order valence-electron chi connectivity index (χ3n) is 7.63.